The minimum absolute atomic E-state index is 0.110. The Morgan fingerprint density at radius 3 is 2.68 bits per heavy atom. The molecule has 0 unspecified atom stereocenters. The zero-order valence-electron chi connectivity index (χ0n) is 11.7. The molecule has 0 fully saturated rings. The summed E-state index contributed by atoms with van der Waals surface area (Å²) in [7, 11) is 1.67. The van der Waals surface area contributed by atoms with E-state index in [1.807, 2.05) is 25.1 Å². The van der Waals surface area contributed by atoms with E-state index in [1.165, 1.54) is 4.90 Å². The number of oxime groups is 1. The third kappa shape index (κ3) is 3.43. The van der Waals surface area contributed by atoms with Gasteiger partial charge in [-0.25, -0.2) is 0 Å². The first-order chi connectivity index (χ1) is 8.78. The number of carbonyl (C=O) groups excluding carboxylic acids is 1. The van der Waals surface area contributed by atoms with Crippen LogP contribution < -0.4 is 5.73 Å². The molecule has 0 aliphatic heterocycles. The van der Waals surface area contributed by atoms with Crippen LogP contribution in [-0.2, 0) is 11.3 Å². The number of aromatic nitrogens is 1. The zero-order chi connectivity index (χ0) is 14.6. The van der Waals surface area contributed by atoms with Gasteiger partial charge in [0.1, 0.15) is 5.41 Å². The number of rotatable bonds is 4. The Kier molecular flexibility index (Phi) is 4.47. The summed E-state index contributed by atoms with van der Waals surface area (Å²) in [5.74, 6) is -0.340. The predicted molar refractivity (Wildman–Crippen MR) is 72.6 cm³/mol. The molecule has 0 aliphatic rings. The highest BCUT2D eigenvalue weighted by atomic mass is 16.4. The van der Waals surface area contributed by atoms with Gasteiger partial charge in [-0.05, 0) is 32.9 Å². The SMILES string of the molecule is Cc1cccc(CN(C)C(=O)C(C)(C)C(N)=NO)n1. The summed E-state index contributed by atoms with van der Waals surface area (Å²) in [6.45, 7) is 5.50. The molecule has 104 valence electrons. The monoisotopic (exact) mass is 264 g/mol. The highest BCUT2D eigenvalue weighted by molar-refractivity contribution is 6.05. The van der Waals surface area contributed by atoms with Crippen LogP contribution in [0.1, 0.15) is 25.2 Å². The van der Waals surface area contributed by atoms with Crippen molar-refractivity contribution in [2.24, 2.45) is 16.3 Å². The molecule has 1 amide bonds. The van der Waals surface area contributed by atoms with Gasteiger partial charge in [-0.2, -0.15) is 0 Å². The van der Waals surface area contributed by atoms with Crippen LogP contribution in [0, 0.1) is 12.3 Å². The maximum atomic E-state index is 12.3. The summed E-state index contributed by atoms with van der Waals surface area (Å²) < 4.78 is 0. The van der Waals surface area contributed by atoms with Crippen molar-refractivity contribution in [1.29, 1.82) is 0 Å². The number of nitrogens with two attached hydrogens (primary N) is 1. The van der Waals surface area contributed by atoms with Gasteiger partial charge in [-0.1, -0.05) is 11.2 Å². The number of amidine groups is 1. The lowest BCUT2D eigenvalue weighted by molar-refractivity contribution is -0.136. The molecular weight excluding hydrogens is 244 g/mol. The van der Waals surface area contributed by atoms with Crippen LogP contribution in [0.3, 0.4) is 0 Å². The highest BCUT2D eigenvalue weighted by Crippen LogP contribution is 2.19. The number of amides is 1. The van der Waals surface area contributed by atoms with Crippen LogP contribution in [0.5, 0.6) is 0 Å². The van der Waals surface area contributed by atoms with Gasteiger partial charge in [0.25, 0.3) is 0 Å². The summed E-state index contributed by atoms with van der Waals surface area (Å²) in [5, 5.41) is 11.6. The fourth-order valence-corrected chi connectivity index (χ4v) is 1.71. The van der Waals surface area contributed by atoms with Crippen LogP contribution >= 0.6 is 0 Å². The topological polar surface area (TPSA) is 91.8 Å². The average Bonchev–Trinajstić information content (AvgIpc) is 2.36. The molecule has 0 spiro atoms. The van der Waals surface area contributed by atoms with Crippen molar-refractivity contribution < 1.29 is 10.0 Å². The number of hydrogen-bond acceptors (Lipinski definition) is 4. The first-order valence-corrected chi connectivity index (χ1v) is 5.95. The highest BCUT2D eigenvalue weighted by Gasteiger charge is 2.35. The first kappa shape index (κ1) is 14.9. The smallest absolute Gasteiger partial charge is 0.236 e. The van der Waals surface area contributed by atoms with Gasteiger partial charge >= 0.3 is 0 Å². The molecule has 0 aliphatic carbocycles. The molecule has 1 heterocycles. The van der Waals surface area contributed by atoms with Crippen LogP contribution in [0.25, 0.3) is 0 Å². The Balaban J connectivity index is 2.84. The molecule has 0 aromatic carbocycles. The Morgan fingerprint density at radius 1 is 1.53 bits per heavy atom. The molecule has 6 heteroatoms. The van der Waals surface area contributed by atoms with E-state index in [1.54, 1.807) is 20.9 Å². The standard InChI is InChI=1S/C13H20N4O2/c1-9-6-5-7-10(15-9)8-17(4)12(18)13(2,3)11(14)16-19/h5-7,19H,8H2,1-4H3,(H2,14,16). The second-order valence-electron chi connectivity index (χ2n) is 5.04. The van der Waals surface area contributed by atoms with E-state index in [4.69, 9.17) is 10.9 Å². The Bertz CT molecular complexity index is 497. The molecular formula is C13H20N4O2. The number of hydrogen-bond donors (Lipinski definition) is 2. The number of aryl methyl sites for hydroxylation is 1. The minimum Gasteiger partial charge on any atom is -0.409 e. The van der Waals surface area contributed by atoms with Gasteiger partial charge in [-0.15, -0.1) is 0 Å². The zero-order valence-corrected chi connectivity index (χ0v) is 11.7. The van der Waals surface area contributed by atoms with E-state index in [2.05, 4.69) is 10.1 Å². The molecule has 0 bridgehead atoms. The molecule has 3 N–H and O–H groups in total. The fourth-order valence-electron chi connectivity index (χ4n) is 1.71. The van der Waals surface area contributed by atoms with Crippen LogP contribution in [0.15, 0.2) is 23.4 Å². The lowest BCUT2D eigenvalue weighted by Gasteiger charge is -2.28. The average molecular weight is 264 g/mol. The van der Waals surface area contributed by atoms with Crippen molar-refractivity contribution in [3.8, 4) is 0 Å². The van der Waals surface area contributed by atoms with Crippen molar-refractivity contribution in [3.05, 3.63) is 29.6 Å². The van der Waals surface area contributed by atoms with Gasteiger partial charge in [0.05, 0.1) is 12.2 Å². The quantitative estimate of drug-likeness (QED) is 0.369. The van der Waals surface area contributed by atoms with Crippen molar-refractivity contribution in [1.82, 2.24) is 9.88 Å². The molecule has 0 atom stereocenters. The second kappa shape index (κ2) is 5.69. The maximum Gasteiger partial charge on any atom is 0.236 e. The van der Waals surface area contributed by atoms with Crippen molar-refractivity contribution >= 4 is 11.7 Å². The third-order valence-corrected chi connectivity index (χ3v) is 2.97. The van der Waals surface area contributed by atoms with Gasteiger partial charge in [0, 0.05) is 12.7 Å². The van der Waals surface area contributed by atoms with E-state index in [0.29, 0.717) is 6.54 Å². The second-order valence-corrected chi connectivity index (χ2v) is 5.04. The molecule has 1 aromatic rings. The molecule has 19 heavy (non-hydrogen) atoms. The maximum absolute atomic E-state index is 12.3. The van der Waals surface area contributed by atoms with E-state index in [9.17, 15) is 4.79 Å². The van der Waals surface area contributed by atoms with Gasteiger partial charge in [0.15, 0.2) is 5.84 Å². The molecule has 0 saturated carbocycles. The first-order valence-electron chi connectivity index (χ1n) is 5.95. The molecule has 0 saturated heterocycles. The fraction of sp³-hybridized carbons (Fsp3) is 0.462. The normalized spacial score (nSPS) is 12.3. The van der Waals surface area contributed by atoms with E-state index >= 15 is 0 Å². The summed E-state index contributed by atoms with van der Waals surface area (Å²) >= 11 is 0. The predicted octanol–water partition coefficient (Wildman–Crippen LogP) is 1.12. The van der Waals surface area contributed by atoms with Crippen molar-refractivity contribution in [3.63, 3.8) is 0 Å². The van der Waals surface area contributed by atoms with E-state index in [-0.39, 0.29) is 11.7 Å². The molecule has 0 radical (unpaired) electrons. The van der Waals surface area contributed by atoms with Crippen LogP contribution in [0.4, 0.5) is 0 Å². The van der Waals surface area contributed by atoms with Crippen LogP contribution in [-0.4, -0.2) is 33.9 Å². The van der Waals surface area contributed by atoms with Crippen molar-refractivity contribution in [2.45, 2.75) is 27.3 Å². The summed E-state index contributed by atoms with van der Waals surface area (Å²) in [6, 6.07) is 5.64. The summed E-state index contributed by atoms with van der Waals surface area (Å²) in [5.41, 5.74) is 6.19. The summed E-state index contributed by atoms with van der Waals surface area (Å²) in [4.78, 5) is 18.1. The van der Waals surface area contributed by atoms with Gasteiger partial charge in [-0.3, -0.25) is 9.78 Å². The summed E-state index contributed by atoms with van der Waals surface area (Å²) in [6.07, 6.45) is 0. The third-order valence-electron chi connectivity index (χ3n) is 2.97. The number of carbonyl (C=O) groups is 1. The molecule has 6 nitrogen and oxygen atoms in total. The largest absolute Gasteiger partial charge is 0.409 e. The van der Waals surface area contributed by atoms with Gasteiger partial charge < -0.3 is 15.8 Å². The Labute approximate surface area is 112 Å². The van der Waals surface area contributed by atoms with Gasteiger partial charge in [0.2, 0.25) is 5.91 Å². The number of nitrogens with zero attached hydrogens (tertiary/aromatic N) is 3. The molecule has 1 rings (SSSR count). The lowest BCUT2D eigenvalue weighted by Crippen LogP contribution is -2.46. The minimum atomic E-state index is -1.05. The Morgan fingerprint density at radius 2 is 2.16 bits per heavy atom. The Hall–Kier alpha value is -2.11. The van der Waals surface area contributed by atoms with E-state index < -0.39 is 5.41 Å². The lowest BCUT2D eigenvalue weighted by atomic mass is 9.90. The van der Waals surface area contributed by atoms with Crippen molar-refractivity contribution in [2.75, 3.05) is 7.05 Å². The van der Waals surface area contributed by atoms with Crippen LogP contribution in [0.2, 0.25) is 0 Å². The van der Waals surface area contributed by atoms with E-state index in [0.717, 1.165) is 11.4 Å². The number of pyridine rings is 1. The molecule has 1 aromatic heterocycles.